The van der Waals surface area contributed by atoms with Gasteiger partial charge in [-0.25, -0.2) is 19.3 Å². The predicted molar refractivity (Wildman–Crippen MR) is 158 cm³/mol. The van der Waals surface area contributed by atoms with E-state index in [-0.39, 0.29) is 11.9 Å². The van der Waals surface area contributed by atoms with E-state index in [1.165, 1.54) is 12.4 Å². The van der Waals surface area contributed by atoms with Gasteiger partial charge in [0.25, 0.3) is 0 Å². The lowest BCUT2D eigenvalue weighted by Crippen LogP contribution is -2.53. The summed E-state index contributed by atoms with van der Waals surface area (Å²) in [6.07, 6.45) is 4.51. The van der Waals surface area contributed by atoms with Gasteiger partial charge < -0.3 is 24.4 Å². The fraction of sp³-hybridized carbons (Fsp3) is 0.226. The zero-order valence-electron chi connectivity index (χ0n) is 23.1. The van der Waals surface area contributed by atoms with Gasteiger partial charge in [-0.3, -0.25) is 4.79 Å². The minimum absolute atomic E-state index is 0.0801. The van der Waals surface area contributed by atoms with Gasteiger partial charge in [0.05, 0.1) is 34.0 Å². The van der Waals surface area contributed by atoms with E-state index in [1.807, 2.05) is 66.8 Å². The van der Waals surface area contributed by atoms with Gasteiger partial charge in [0.2, 0.25) is 5.91 Å². The van der Waals surface area contributed by atoms with Crippen LogP contribution in [0.25, 0.3) is 21.9 Å². The summed E-state index contributed by atoms with van der Waals surface area (Å²) in [7, 11) is 1.95. The van der Waals surface area contributed by atoms with Crippen LogP contribution in [0.15, 0.2) is 73.8 Å². The number of hydrogen-bond donors (Lipinski definition) is 1. The third-order valence-corrected chi connectivity index (χ3v) is 7.51. The zero-order chi connectivity index (χ0) is 28.7. The monoisotopic (exact) mass is 551 g/mol. The summed E-state index contributed by atoms with van der Waals surface area (Å²) >= 11 is 0. The van der Waals surface area contributed by atoms with Crippen LogP contribution in [0.5, 0.6) is 11.5 Å². The molecule has 0 spiro atoms. The standard InChI is InChI=1S/C31H30FN7O2/c1-5-28(40)39-13-12-38(16-20(39)3)26-10-8-23-29(30(26)32)31(34-17-33-23)36-21-6-11-27(19(2)14-21)41-22-7-9-25-24(15-22)35-18-37(25)4/h5-11,14-15,17-18,20H,1,12-13,16H2,2-4H3,(H,33,34,36)/t20-/m1/s1. The lowest BCUT2D eigenvalue weighted by atomic mass is 10.1. The smallest absolute Gasteiger partial charge is 0.246 e. The van der Waals surface area contributed by atoms with Crippen LogP contribution in [0.2, 0.25) is 0 Å². The maximum absolute atomic E-state index is 16.1. The average molecular weight is 552 g/mol. The predicted octanol–water partition coefficient (Wildman–Crippen LogP) is 5.72. The first-order valence-corrected chi connectivity index (χ1v) is 13.4. The number of nitrogens with zero attached hydrogens (tertiary/aromatic N) is 6. The van der Waals surface area contributed by atoms with Gasteiger partial charge in [0.1, 0.15) is 23.6 Å². The molecule has 0 unspecified atom stereocenters. The van der Waals surface area contributed by atoms with Gasteiger partial charge in [-0.2, -0.15) is 0 Å². The fourth-order valence-electron chi connectivity index (χ4n) is 5.35. The summed E-state index contributed by atoms with van der Waals surface area (Å²) in [5.41, 5.74) is 4.48. The summed E-state index contributed by atoms with van der Waals surface area (Å²) in [5.74, 6) is 1.26. The SMILES string of the molecule is C=CC(=O)N1CCN(c2ccc3ncnc(Nc4ccc(Oc5ccc6c(c5)ncn6C)c(C)c4)c3c2F)C[C@H]1C. The number of hydrogen-bond acceptors (Lipinski definition) is 7. The zero-order valence-corrected chi connectivity index (χ0v) is 23.1. The molecule has 1 saturated heterocycles. The van der Waals surface area contributed by atoms with Gasteiger partial charge in [0.15, 0.2) is 5.82 Å². The van der Waals surface area contributed by atoms with Gasteiger partial charge in [-0.05, 0) is 68.0 Å². The lowest BCUT2D eigenvalue weighted by Gasteiger charge is -2.40. The Morgan fingerprint density at radius 2 is 1.95 bits per heavy atom. The van der Waals surface area contributed by atoms with Gasteiger partial charge in [-0.15, -0.1) is 0 Å². The molecule has 1 atom stereocenters. The molecule has 1 fully saturated rings. The van der Waals surface area contributed by atoms with E-state index in [9.17, 15) is 4.79 Å². The summed E-state index contributed by atoms with van der Waals surface area (Å²) in [5, 5.41) is 3.58. The number of fused-ring (bicyclic) bond motifs is 2. The number of benzene rings is 3. The van der Waals surface area contributed by atoms with E-state index in [1.54, 1.807) is 23.4 Å². The van der Waals surface area contributed by atoms with Crippen LogP contribution in [0.3, 0.4) is 0 Å². The van der Waals surface area contributed by atoms with Crippen molar-refractivity contribution >= 4 is 45.0 Å². The van der Waals surface area contributed by atoms with E-state index >= 15 is 4.39 Å². The van der Waals surface area contributed by atoms with Crippen LogP contribution in [-0.2, 0) is 11.8 Å². The summed E-state index contributed by atoms with van der Waals surface area (Å²) in [6, 6.07) is 14.9. The molecule has 10 heteroatoms. The Bertz CT molecular complexity index is 1800. The number of ether oxygens (including phenoxy) is 1. The first kappa shape index (κ1) is 26.2. The van der Waals surface area contributed by atoms with Crippen molar-refractivity contribution in [2.75, 3.05) is 29.9 Å². The van der Waals surface area contributed by atoms with Crippen molar-refractivity contribution in [3.63, 3.8) is 0 Å². The van der Waals surface area contributed by atoms with Crippen LogP contribution in [0.1, 0.15) is 12.5 Å². The molecule has 3 aromatic carbocycles. The Morgan fingerprint density at radius 1 is 1.10 bits per heavy atom. The van der Waals surface area contributed by atoms with Crippen LogP contribution in [0, 0.1) is 12.7 Å². The Hall–Kier alpha value is -4.99. The second kappa shape index (κ2) is 10.5. The molecular weight excluding hydrogens is 521 g/mol. The highest BCUT2D eigenvalue weighted by atomic mass is 19.1. The Morgan fingerprint density at radius 3 is 2.73 bits per heavy atom. The molecule has 9 nitrogen and oxygen atoms in total. The molecule has 0 saturated carbocycles. The normalized spacial score (nSPS) is 15.4. The highest BCUT2D eigenvalue weighted by Crippen LogP contribution is 2.34. The van der Waals surface area contributed by atoms with Gasteiger partial charge in [0, 0.05) is 44.5 Å². The van der Waals surface area contributed by atoms with Crippen molar-refractivity contribution in [3.8, 4) is 11.5 Å². The molecule has 1 aliphatic heterocycles. The number of aryl methyl sites for hydroxylation is 2. The first-order chi connectivity index (χ1) is 19.8. The van der Waals surface area contributed by atoms with Crippen LogP contribution in [0.4, 0.5) is 21.6 Å². The molecule has 1 aliphatic rings. The summed E-state index contributed by atoms with van der Waals surface area (Å²) in [4.78, 5) is 28.9. The number of imidazole rings is 1. The number of anilines is 3. The Kier molecular flexibility index (Phi) is 6.74. The number of amides is 1. The molecule has 2 aromatic heterocycles. The van der Waals surface area contributed by atoms with Crippen molar-refractivity contribution in [2.45, 2.75) is 19.9 Å². The minimum Gasteiger partial charge on any atom is -0.457 e. The fourth-order valence-corrected chi connectivity index (χ4v) is 5.35. The molecule has 0 radical (unpaired) electrons. The highest BCUT2D eigenvalue weighted by molar-refractivity contribution is 5.94. The molecule has 41 heavy (non-hydrogen) atoms. The number of carbonyl (C=O) groups is 1. The van der Waals surface area contributed by atoms with E-state index in [2.05, 4.69) is 26.8 Å². The number of nitrogens with one attached hydrogen (secondary N) is 1. The number of piperazine rings is 1. The van der Waals surface area contributed by atoms with Gasteiger partial charge in [-0.1, -0.05) is 6.58 Å². The van der Waals surface area contributed by atoms with Crippen LogP contribution >= 0.6 is 0 Å². The van der Waals surface area contributed by atoms with Crippen LogP contribution < -0.4 is 15.0 Å². The largest absolute Gasteiger partial charge is 0.457 e. The van der Waals surface area contributed by atoms with E-state index in [4.69, 9.17) is 4.74 Å². The van der Waals surface area contributed by atoms with Crippen LogP contribution in [-0.4, -0.2) is 56.0 Å². The van der Waals surface area contributed by atoms with E-state index < -0.39 is 5.82 Å². The first-order valence-electron chi connectivity index (χ1n) is 13.4. The quantitative estimate of drug-likeness (QED) is 0.270. The van der Waals surface area contributed by atoms with E-state index in [0.717, 1.165) is 22.3 Å². The van der Waals surface area contributed by atoms with Crippen molar-refractivity contribution in [3.05, 3.63) is 85.2 Å². The maximum atomic E-state index is 16.1. The molecule has 3 heterocycles. The summed E-state index contributed by atoms with van der Waals surface area (Å²) in [6.45, 7) is 9.00. The molecule has 6 rings (SSSR count). The molecule has 1 amide bonds. The third-order valence-electron chi connectivity index (χ3n) is 7.51. The van der Waals surface area contributed by atoms with Gasteiger partial charge >= 0.3 is 0 Å². The number of rotatable bonds is 6. The minimum atomic E-state index is -0.400. The van der Waals surface area contributed by atoms with Crippen molar-refractivity contribution in [1.29, 1.82) is 0 Å². The molecule has 5 aromatic rings. The van der Waals surface area contributed by atoms with E-state index in [0.29, 0.717) is 53.5 Å². The number of aromatic nitrogens is 4. The Labute approximate surface area is 236 Å². The number of carbonyl (C=O) groups excluding carboxylic acids is 1. The second-order valence-electron chi connectivity index (χ2n) is 10.3. The molecular formula is C31H30FN7O2. The van der Waals surface area contributed by atoms with Crippen molar-refractivity contribution < 1.29 is 13.9 Å². The third kappa shape index (κ3) is 4.93. The van der Waals surface area contributed by atoms with Crippen molar-refractivity contribution in [1.82, 2.24) is 24.4 Å². The van der Waals surface area contributed by atoms with Crippen molar-refractivity contribution in [2.24, 2.45) is 7.05 Å². The Balaban J connectivity index is 1.25. The molecule has 0 bridgehead atoms. The highest BCUT2D eigenvalue weighted by Gasteiger charge is 2.28. The second-order valence-corrected chi connectivity index (χ2v) is 10.3. The lowest BCUT2D eigenvalue weighted by molar-refractivity contribution is -0.128. The number of halogens is 1. The summed E-state index contributed by atoms with van der Waals surface area (Å²) < 4.78 is 24.2. The maximum Gasteiger partial charge on any atom is 0.246 e. The molecule has 0 aliphatic carbocycles. The topological polar surface area (TPSA) is 88.4 Å². The average Bonchev–Trinajstić information content (AvgIpc) is 3.34. The molecule has 208 valence electrons. The molecule has 1 N–H and O–H groups in total.